The van der Waals surface area contributed by atoms with Gasteiger partial charge in [0.25, 0.3) is 0 Å². The first-order chi connectivity index (χ1) is 10.0. The van der Waals surface area contributed by atoms with E-state index in [1.54, 1.807) is 0 Å². The summed E-state index contributed by atoms with van der Waals surface area (Å²) in [6, 6.07) is 6.19. The second-order valence-corrected chi connectivity index (χ2v) is 4.89. The molecule has 0 aromatic heterocycles. The van der Waals surface area contributed by atoms with E-state index in [0.717, 1.165) is 18.2 Å². The van der Waals surface area contributed by atoms with Gasteiger partial charge in [-0.05, 0) is 48.9 Å². The van der Waals surface area contributed by atoms with Gasteiger partial charge in [-0.2, -0.15) is 0 Å². The molecule has 0 spiro atoms. The minimum absolute atomic E-state index is 0.118. The number of benzene rings is 2. The molecule has 0 atom stereocenters. The SMILES string of the molecule is NCCc1cc(F)c(OCc2cc(Cl)ccc2F)c(F)c1. The molecule has 0 aliphatic heterocycles. The van der Waals surface area contributed by atoms with Crippen molar-refractivity contribution in [1.82, 2.24) is 0 Å². The maximum atomic E-state index is 13.8. The van der Waals surface area contributed by atoms with E-state index in [-0.39, 0.29) is 18.7 Å². The van der Waals surface area contributed by atoms with Gasteiger partial charge in [0.2, 0.25) is 0 Å². The van der Waals surface area contributed by atoms with Crippen molar-refractivity contribution >= 4 is 11.6 Å². The third-order valence-electron chi connectivity index (χ3n) is 2.87. The number of halogens is 4. The van der Waals surface area contributed by atoms with Gasteiger partial charge in [0.05, 0.1) is 0 Å². The Morgan fingerprint density at radius 1 is 1.00 bits per heavy atom. The molecule has 0 heterocycles. The first-order valence-corrected chi connectivity index (χ1v) is 6.63. The van der Waals surface area contributed by atoms with Crippen molar-refractivity contribution in [3.05, 3.63) is 63.9 Å². The van der Waals surface area contributed by atoms with Crippen LogP contribution >= 0.6 is 11.6 Å². The van der Waals surface area contributed by atoms with Crippen LogP contribution in [0.3, 0.4) is 0 Å². The van der Waals surface area contributed by atoms with Gasteiger partial charge in [0, 0.05) is 10.6 Å². The second kappa shape index (κ2) is 6.83. The van der Waals surface area contributed by atoms with Gasteiger partial charge in [-0.25, -0.2) is 13.2 Å². The smallest absolute Gasteiger partial charge is 0.191 e. The van der Waals surface area contributed by atoms with Gasteiger partial charge in [-0.15, -0.1) is 0 Å². The highest BCUT2D eigenvalue weighted by Gasteiger charge is 2.14. The van der Waals surface area contributed by atoms with E-state index >= 15 is 0 Å². The summed E-state index contributed by atoms with van der Waals surface area (Å²) in [6.45, 7) is -0.0384. The van der Waals surface area contributed by atoms with E-state index in [1.165, 1.54) is 12.1 Å². The Kier molecular flexibility index (Phi) is 5.09. The molecule has 2 nitrogen and oxygen atoms in total. The maximum absolute atomic E-state index is 13.8. The fourth-order valence-electron chi connectivity index (χ4n) is 1.87. The van der Waals surface area contributed by atoms with Crippen molar-refractivity contribution < 1.29 is 17.9 Å². The Labute approximate surface area is 125 Å². The van der Waals surface area contributed by atoms with Gasteiger partial charge >= 0.3 is 0 Å². The van der Waals surface area contributed by atoms with Gasteiger partial charge in [-0.1, -0.05) is 11.6 Å². The molecule has 0 radical (unpaired) electrons. The van der Waals surface area contributed by atoms with Crippen LogP contribution < -0.4 is 10.5 Å². The Hall–Kier alpha value is -1.72. The average molecular weight is 316 g/mol. The van der Waals surface area contributed by atoms with Crippen molar-refractivity contribution in [2.45, 2.75) is 13.0 Å². The zero-order valence-corrected chi connectivity index (χ0v) is 11.8. The molecule has 6 heteroatoms. The summed E-state index contributed by atoms with van der Waals surface area (Å²) in [5, 5.41) is 0.314. The summed E-state index contributed by atoms with van der Waals surface area (Å²) in [6.07, 6.45) is 0.358. The molecular weight excluding hydrogens is 303 g/mol. The summed E-state index contributed by atoms with van der Waals surface area (Å²) >= 11 is 5.73. The lowest BCUT2D eigenvalue weighted by Crippen LogP contribution is -2.06. The van der Waals surface area contributed by atoms with Crippen molar-refractivity contribution in [3.63, 3.8) is 0 Å². The lowest BCUT2D eigenvalue weighted by atomic mass is 10.1. The highest BCUT2D eigenvalue weighted by Crippen LogP contribution is 2.25. The van der Waals surface area contributed by atoms with E-state index in [4.69, 9.17) is 22.1 Å². The number of nitrogens with two attached hydrogens (primary N) is 1. The molecule has 0 fully saturated rings. The molecule has 2 aromatic carbocycles. The van der Waals surface area contributed by atoms with Crippen LogP contribution in [-0.4, -0.2) is 6.54 Å². The Morgan fingerprint density at radius 2 is 1.67 bits per heavy atom. The van der Waals surface area contributed by atoms with Crippen LogP contribution in [-0.2, 0) is 13.0 Å². The van der Waals surface area contributed by atoms with Crippen LogP contribution in [0.4, 0.5) is 13.2 Å². The summed E-state index contributed by atoms with van der Waals surface area (Å²) in [4.78, 5) is 0. The lowest BCUT2D eigenvalue weighted by Gasteiger charge is -2.11. The number of ether oxygens (including phenoxy) is 1. The van der Waals surface area contributed by atoms with Gasteiger partial charge in [0.1, 0.15) is 12.4 Å². The molecule has 2 rings (SSSR count). The Bertz CT molecular complexity index is 626. The summed E-state index contributed by atoms with van der Waals surface area (Å²) < 4.78 is 46.1. The van der Waals surface area contributed by atoms with Gasteiger partial charge < -0.3 is 10.5 Å². The molecule has 0 saturated carbocycles. The molecular formula is C15H13ClF3NO. The van der Waals surface area contributed by atoms with Crippen LogP contribution in [0.5, 0.6) is 5.75 Å². The lowest BCUT2D eigenvalue weighted by molar-refractivity contribution is 0.269. The predicted octanol–water partition coefficient (Wildman–Crippen LogP) is 3.84. The molecule has 0 bridgehead atoms. The third-order valence-corrected chi connectivity index (χ3v) is 3.11. The molecule has 2 N–H and O–H groups in total. The first-order valence-electron chi connectivity index (χ1n) is 6.26. The summed E-state index contributed by atoms with van der Waals surface area (Å²) in [7, 11) is 0. The Balaban J connectivity index is 2.18. The van der Waals surface area contributed by atoms with Crippen molar-refractivity contribution in [2.75, 3.05) is 6.54 Å². The van der Waals surface area contributed by atoms with Gasteiger partial charge in [-0.3, -0.25) is 0 Å². The normalized spacial score (nSPS) is 10.7. The van der Waals surface area contributed by atoms with Crippen LogP contribution in [0.1, 0.15) is 11.1 Å². The largest absolute Gasteiger partial charge is 0.483 e. The van der Waals surface area contributed by atoms with Crippen molar-refractivity contribution in [2.24, 2.45) is 5.73 Å². The van der Waals surface area contributed by atoms with Crippen LogP contribution in [0.2, 0.25) is 5.02 Å². The molecule has 0 saturated heterocycles. The quantitative estimate of drug-likeness (QED) is 0.910. The van der Waals surface area contributed by atoms with Crippen molar-refractivity contribution in [1.29, 1.82) is 0 Å². The zero-order valence-electron chi connectivity index (χ0n) is 11.0. The van der Waals surface area contributed by atoms with E-state index < -0.39 is 23.2 Å². The minimum Gasteiger partial charge on any atom is -0.483 e. The third kappa shape index (κ3) is 3.89. The van der Waals surface area contributed by atoms with Gasteiger partial charge in [0.15, 0.2) is 17.4 Å². The molecule has 2 aromatic rings. The molecule has 0 aliphatic carbocycles. The van der Waals surface area contributed by atoms with E-state index in [1.807, 2.05) is 0 Å². The topological polar surface area (TPSA) is 35.2 Å². The van der Waals surface area contributed by atoms with Crippen LogP contribution in [0, 0.1) is 17.5 Å². The van der Waals surface area contributed by atoms with E-state index in [9.17, 15) is 13.2 Å². The monoisotopic (exact) mass is 315 g/mol. The van der Waals surface area contributed by atoms with E-state index in [0.29, 0.717) is 17.0 Å². The number of hydrogen-bond acceptors (Lipinski definition) is 2. The fraction of sp³-hybridized carbons (Fsp3) is 0.200. The summed E-state index contributed by atoms with van der Waals surface area (Å²) in [5.41, 5.74) is 5.89. The van der Waals surface area contributed by atoms with E-state index in [2.05, 4.69) is 0 Å². The number of rotatable bonds is 5. The molecule has 0 aliphatic rings. The molecule has 0 amide bonds. The molecule has 0 unspecified atom stereocenters. The standard InChI is InChI=1S/C15H13ClF3NO/c16-11-1-2-12(17)10(7-11)8-21-15-13(18)5-9(3-4-20)6-14(15)19/h1-2,5-7H,3-4,8,20H2. The Morgan fingerprint density at radius 3 is 2.29 bits per heavy atom. The highest BCUT2D eigenvalue weighted by atomic mass is 35.5. The zero-order chi connectivity index (χ0) is 15.4. The molecule has 21 heavy (non-hydrogen) atoms. The number of hydrogen-bond donors (Lipinski definition) is 1. The maximum Gasteiger partial charge on any atom is 0.191 e. The summed E-state index contributed by atoms with van der Waals surface area (Å²) in [5.74, 6) is -2.79. The van der Waals surface area contributed by atoms with Crippen LogP contribution in [0.25, 0.3) is 0 Å². The second-order valence-electron chi connectivity index (χ2n) is 4.45. The highest BCUT2D eigenvalue weighted by molar-refractivity contribution is 6.30. The predicted molar refractivity (Wildman–Crippen MR) is 74.9 cm³/mol. The minimum atomic E-state index is -0.846. The first kappa shape index (κ1) is 15.7. The fourth-order valence-corrected chi connectivity index (χ4v) is 2.06. The molecule has 112 valence electrons. The average Bonchev–Trinajstić information content (AvgIpc) is 2.42. The van der Waals surface area contributed by atoms with Crippen LogP contribution in [0.15, 0.2) is 30.3 Å². The van der Waals surface area contributed by atoms with Crippen molar-refractivity contribution in [3.8, 4) is 5.75 Å².